The van der Waals surface area contributed by atoms with Crippen LogP contribution in [0.15, 0.2) is 18.2 Å². The molecule has 0 aliphatic carbocycles. The van der Waals surface area contributed by atoms with Gasteiger partial charge in [0.2, 0.25) is 0 Å². The molecule has 0 aromatic heterocycles. The summed E-state index contributed by atoms with van der Waals surface area (Å²) in [5.74, 6) is 3.55. The first-order valence-electron chi connectivity index (χ1n) is 7.84. The SMILES string of the molecule is CCSCCC(C)NC(CC)c1ccc2c(c1)CCO2. The molecule has 1 heterocycles. The molecule has 20 heavy (non-hydrogen) atoms. The van der Waals surface area contributed by atoms with Gasteiger partial charge >= 0.3 is 0 Å². The van der Waals surface area contributed by atoms with E-state index in [1.54, 1.807) is 0 Å². The van der Waals surface area contributed by atoms with Gasteiger partial charge in [-0.3, -0.25) is 0 Å². The predicted molar refractivity (Wildman–Crippen MR) is 88.9 cm³/mol. The van der Waals surface area contributed by atoms with Gasteiger partial charge in [-0.05, 0) is 48.5 Å². The summed E-state index contributed by atoms with van der Waals surface area (Å²) < 4.78 is 5.59. The molecule has 3 heteroatoms. The molecule has 1 N–H and O–H groups in total. The molecular weight excluding hydrogens is 266 g/mol. The molecule has 0 radical (unpaired) electrons. The predicted octanol–water partition coefficient (Wildman–Crippen LogP) is 4.19. The third kappa shape index (κ3) is 4.16. The van der Waals surface area contributed by atoms with Crippen molar-refractivity contribution in [2.24, 2.45) is 0 Å². The number of fused-ring (bicyclic) bond motifs is 1. The lowest BCUT2D eigenvalue weighted by molar-refractivity contribution is 0.356. The average molecular weight is 293 g/mol. The fourth-order valence-corrected chi connectivity index (χ4v) is 3.51. The summed E-state index contributed by atoms with van der Waals surface area (Å²) in [5.41, 5.74) is 2.78. The third-order valence-corrected chi connectivity index (χ3v) is 4.84. The molecule has 112 valence electrons. The van der Waals surface area contributed by atoms with Gasteiger partial charge in [0.05, 0.1) is 6.61 Å². The standard InChI is InChI=1S/C17H27NOS/c1-4-16(18-13(3)9-11-20-5-2)14-6-7-17-15(12-14)8-10-19-17/h6-7,12-13,16,18H,4-5,8-11H2,1-3H3. The Morgan fingerprint density at radius 3 is 2.95 bits per heavy atom. The Hall–Kier alpha value is -0.670. The number of rotatable bonds is 8. The van der Waals surface area contributed by atoms with Gasteiger partial charge in [0.15, 0.2) is 0 Å². The summed E-state index contributed by atoms with van der Waals surface area (Å²) in [6.45, 7) is 7.63. The Balaban J connectivity index is 1.94. The topological polar surface area (TPSA) is 21.3 Å². The van der Waals surface area contributed by atoms with Crippen molar-refractivity contribution < 1.29 is 4.74 Å². The normalized spacial score (nSPS) is 16.6. The molecule has 1 aliphatic heterocycles. The lowest BCUT2D eigenvalue weighted by atomic mass is 10.00. The second-order valence-corrected chi connectivity index (χ2v) is 6.87. The summed E-state index contributed by atoms with van der Waals surface area (Å²) in [6.07, 6.45) is 3.43. The van der Waals surface area contributed by atoms with E-state index in [-0.39, 0.29) is 0 Å². The first-order chi connectivity index (χ1) is 9.74. The number of ether oxygens (including phenoxy) is 1. The van der Waals surface area contributed by atoms with E-state index in [0.717, 1.165) is 25.2 Å². The maximum atomic E-state index is 5.59. The van der Waals surface area contributed by atoms with E-state index >= 15 is 0 Å². The van der Waals surface area contributed by atoms with Crippen molar-refractivity contribution in [2.45, 2.75) is 52.1 Å². The Morgan fingerprint density at radius 2 is 2.20 bits per heavy atom. The molecule has 0 saturated heterocycles. The Kier molecular flexibility index (Phi) is 6.24. The molecule has 1 aromatic rings. The van der Waals surface area contributed by atoms with Crippen LogP contribution >= 0.6 is 11.8 Å². The monoisotopic (exact) mass is 293 g/mol. The lowest BCUT2D eigenvalue weighted by Crippen LogP contribution is -2.30. The van der Waals surface area contributed by atoms with Crippen LogP contribution in [0.2, 0.25) is 0 Å². The molecule has 0 bridgehead atoms. The quantitative estimate of drug-likeness (QED) is 0.726. The second-order valence-electron chi connectivity index (χ2n) is 5.48. The van der Waals surface area contributed by atoms with E-state index in [1.807, 2.05) is 11.8 Å². The largest absolute Gasteiger partial charge is 0.493 e. The van der Waals surface area contributed by atoms with E-state index in [9.17, 15) is 0 Å². The highest BCUT2D eigenvalue weighted by Crippen LogP contribution is 2.29. The van der Waals surface area contributed by atoms with Gasteiger partial charge in [-0.15, -0.1) is 0 Å². The van der Waals surface area contributed by atoms with Crippen molar-refractivity contribution >= 4 is 11.8 Å². The van der Waals surface area contributed by atoms with E-state index in [4.69, 9.17) is 4.74 Å². The fraction of sp³-hybridized carbons (Fsp3) is 0.647. The van der Waals surface area contributed by atoms with Gasteiger partial charge < -0.3 is 10.1 Å². The zero-order valence-electron chi connectivity index (χ0n) is 12.9. The summed E-state index contributed by atoms with van der Waals surface area (Å²) >= 11 is 2.03. The Bertz CT molecular complexity index is 421. The van der Waals surface area contributed by atoms with Crippen LogP contribution in [-0.2, 0) is 6.42 Å². The first kappa shape index (κ1) is 15.7. The van der Waals surface area contributed by atoms with Gasteiger partial charge in [-0.25, -0.2) is 0 Å². The van der Waals surface area contributed by atoms with Crippen LogP contribution in [0.3, 0.4) is 0 Å². The van der Waals surface area contributed by atoms with Crippen LogP contribution in [0.5, 0.6) is 5.75 Å². The number of nitrogens with one attached hydrogen (secondary N) is 1. The minimum Gasteiger partial charge on any atom is -0.493 e. The molecular formula is C17H27NOS. The van der Waals surface area contributed by atoms with Crippen LogP contribution in [0.4, 0.5) is 0 Å². The molecule has 2 rings (SSSR count). The van der Waals surface area contributed by atoms with Crippen LogP contribution in [0, 0.1) is 0 Å². The minimum absolute atomic E-state index is 0.461. The first-order valence-corrected chi connectivity index (χ1v) is 8.99. The zero-order valence-corrected chi connectivity index (χ0v) is 13.8. The van der Waals surface area contributed by atoms with Crippen molar-refractivity contribution in [2.75, 3.05) is 18.1 Å². The number of benzene rings is 1. The summed E-state index contributed by atoms with van der Waals surface area (Å²) in [4.78, 5) is 0. The van der Waals surface area contributed by atoms with Crippen molar-refractivity contribution in [1.29, 1.82) is 0 Å². The van der Waals surface area contributed by atoms with Gasteiger partial charge in [0, 0.05) is 18.5 Å². The maximum Gasteiger partial charge on any atom is 0.122 e. The molecule has 2 atom stereocenters. The highest BCUT2D eigenvalue weighted by molar-refractivity contribution is 7.99. The number of hydrogen-bond donors (Lipinski definition) is 1. The highest BCUT2D eigenvalue weighted by atomic mass is 32.2. The Labute approximate surface area is 127 Å². The average Bonchev–Trinajstić information content (AvgIpc) is 2.92. The summed E-state index contributed by atoms with van der Waals surface area (Å²) in [6, 6.07) is 7.72. The second kappa shape index (κ2) is 7.94. The molecule has 0 fully saturated rings. The van der Waals surface area contributed by atoms with E-state index < -0.39 is 0 Å². The van der Waals surface area contributed by atoms with E-state index in [0.29, 0.717) is 12.1 Å². The van der Waals surface area contributed by atoms with Gasteiger partial charge in [0.25, 0.3) is 0 Å². The van der Waals surface area contributed by atoms with Crippen molar-refractivity contribution in [1.82, 2.24) is 5.32 Å². The minimum atomic E-state index is 0.461. The molecule has 0 saturated carbocycles. The van der Waals surface area contributed by atoms with Crippen LogP contribution in [0.25, 0.3) is 0 Å². The van der Waals surface area contributed by atoms with Gasteiger partial charge in [-0.1, -0.05) is 26.0 Å². The summed E-state index contributed by atoms with van der Waals surface area (Å²) in [7, 11) is 0. The fourth-order valence-electron chi connectivity index (χ4n) is 2.70. The van der Waals surface area contributed by atoms with Crippen molar-refractivity contribution in [3.05, 3.63) is 29.3 Å². The van der Waals surface area contributed by atoms with Gasteiger partial charge in [0.1, 0.15) is 5.75 Å². The smallest absolute Gasteiger partial charge is 0.122 e. The molecule has 0 spiro atoms. The van der Waals surface area contributed by atoms with Crippen LogP contribution in [-0.4, -0.2) is 24.2 Å². The van der Waals surface area contributed by atoms with Crippen LogP contribution < -0.4 is 10.1 Å². The van der Waals surface area contributed by atoms with Crippen molar-refractivity contribution in [3.8, 4) is 5.75 Å². The highest BCUT2D eigenvalue weighted by Gasteiger charge is 2.17. The lowest BCUT2D eigenvalue weighted by Gasteiger charge is -2.23. The van der Waals surface area contributed by atoms with E-state index in [2.05, 4.69) is 44.3 Å². The molecule has 0 amide bonds. The molecule has 1 aliphatic rings. The summed E-state index contributed by atoms with van der Waals surface area (Å²) in [5, 5.41) is 3.78. The van der Waals surface area contributed by atoms with Crippen molar-refractivity contribution in [3.63, 3.8) is 0 Å². The third-order valence-electron chi connectivity index (χ3n) is 3.91. The number of hydrogen-bond acceptors (Lipinski definition) is 3. The Morgan fingerprint density at radius 1 is 1.35 bits per heavy atom. The molecule has 1 aromatic carbocycles. The molecule has 2 nitrogen and oxygen atoms in total. The number of thioether (sulfide) groups is 1. The van der Waals surface area contributed by atoms with E-state index in [1.165, 1.54) is 29.1 Å². The molecule has 2 unspecified atom stereocenters. The maximum absolute atomic E-state index is 5.59. The van der Waals surface area contributed by atoms with Crippen LogP contribution in [0.1, 0.15) is 50.8 Å². The van der Waals surface area contributed by atoms with Gasteiger partial charge in [-0.2, -0.15) is 11.8 Å². The zero-order chi connectivity index (χ0) is 14.4.